The smallest absolute Gasteiger partial charge is 0.362 e. The van der Waals surface area contributed by atoms with E-state index in [9.17, 15) is 19.5 Å². The summed E-state index contributed by atoms with van der Waals surface area (Å²) in [7, 11) is 5.49. The fraction of sp³-hybridized carbons (Fsp3) is 0.698. The Kier molecular flexibility index (Phi) is 32.1. The van der Waals surface area contributed by atoms with Gasteiger partial charge < -0.3 is 23.8 Å². The Morgan fingerprint density at radius 1 is 0.608 bits per heavy atom. The molecular formula is C43H74NO7+. The molecule has 8 nitrogen and oxygen atoms in total. The van der Waals surface area contributed by atoms with Gasteiger partial charge in [-0.25, -0.2) is 4.79 Å². The van der Waals surface area contributed by atoms with Crippen molar-refractivity contribution in [3.8, 4) is 0 Å². The second-order valence-electron chi connectivity index (χ2n) is 14.2. The van der Waals surface area contributed by atoms with E-state index in [-0.39, 0.29) is 42.7 Å². The number of hydrogen-bond acceptors (Lipinski definition) is 6. The van der Waals surface area contributed by atoms with E-state index < -0.39 is 18.1 Å². The summed E-state index contributed by atoms with van der Waals surface area (Å²) in [6.45, 7) is 4.53. The second kappa shape index (κ2) is 34.1. The third-order valence-electron chi connectivity index (χ3n) is 8.43. The molecule has 0 bridgehead atoms. The Hall–Kier alpha value is -2.97. The third-order valence-corrected chi connectivity index (χ3v) is 8.43. The number of aliphatic carboxylic acids is 1. The lowest BCUT2D eigenvalue weighted by molar-refractivity contribution is -0.887. The highest BCUT2D eigenvalue weighted by Gasteiger charge is 2.31. The zero-order valence-electron chi connectivity index (χ0n) is 33.0. The van der Waals surface area contributed by atoms with E-state index >= 15 is 0 Å². The van der Waals surface area contributed by atoms with Crippen LogP contribution in [0.4, 0.5) is 0 Å². The number of ether oxygens (including phenoxy) is 3. The summed E-state index contributed by atoms with van der Waals surface area (Å²) < 4.78 is 17.1. The molecule has 0 spiro atoms. The molecule has 0 aliphatic heterocycles. The van der Waals surface area contributed by atoms with Crippen LogP contribution in [0.25, 0.3) is 0 Å². The standard InChI is InChI=1S/C43H73NO7/c1-6-8-10-12-14-16-18-19-20-21-22-23-24-26-28-30-32-34-42(46)51-39(37-49-36-35-40(43(47)48)44(3,4)5)38-50-41(45)33-31-29-27-25-17-15-13-11-9-7-2/h8,10,14,16,19-20,22-23,26,28,39-40H,6-7,9,11-13,15,17-18,21,24-25,27,29-38H2,1-5H3/p+1/b10-8+,16-14+,20-19+,23-22+,28-26+. The number of rotatable bonds is 34. The molecule has 0 heterocycles. The lowest BCUT2D eigenvalue weighted by atomic mass is 10.1. The van der Waals surface area contributed by atoms with Crippen molar-refractivity contribution in [2.45, 2.75) is 154 Å². The van der Waals surface area contributed by atoms with Gasteiger partial charge in [-0.15, -0.1) is 0 Å². The van der Waals surface area contributed by atoms with E-state index in [1.807, 2.05) is 21.1 Å². The van der Waals surface area contributed by atoms with Gasteiger partial charge in [-0.1, -0.05) is 132 Å². The van der Waals surface area contributed by atoms with Crippen LogP contribution in [-0.2, 0) is 28.6 Å². The number of carboxylic acid groups (broad SMARTS) is 1. The zero-order chi connectivity index (χ0) is 37.8. The van der Waals surface area contributed by atoms with Gasteiger partial charge >= 0.3 is 17.9 Å². The van der Waals surface area contributed by atoms with Gasteiger partial charge in [0.05, 0.1) is 34.4 Å². The number of hydrogen-bond donors (Lipinski definition) is 1. The number of unbranched alkanes of at least 4 members (excludes halogenated alkanes) is 10. The highest BCUT2D eigenvalue weighted by Crippen LogP contribution is 2.13. The molecule has 0 aromatic heterocycles. The molecule has 2 atom stereocenters. The predicted molar refractivity (Wildman–Crippen MR) is 211 cm³/mol. The number of carbonyl (C=O) groups is 3. The maximum atomic E-state index is 12.6. The minimum Gasteiger partial charge on any atom is -0.477 e. The monoisotopic (exact) mass is 717 g/mol. The molecule has 0 aromatic rings. The molecule has 2 unspecified atom stereocenters. The van der Waals surface area contributed by atoms with Crippen LogP contribution in [-0.4, -0.2) is 80.6 Å². The highest BCUT2D eigenvalue weighted by atomic mass is 16.6. The van der Waals surface area contributed by atoms with Crippen LogP contribution in [0.3, 0.4) is 0 Å². The molecule has 0 saturated carbocycles. The van der Waals surface area contributed by atoms with E-state index in [4.69, 9.17) is 14.2 Å². The van der Waals surface area contributed by atoms with E-state index in [0.717, 1.165) is 57.8 Å². The first-order valence-corrected chi connectivity index (χ1v) is 19.8. The number of esters is 2. The van der Waals surface area contributed by atoms with Gasteiger partial charge in [0, 0.05) is 19.3 Å². The number of carboxylic acids is 1. The average Bonchev–Trinajstić information content (AvgIpc) is 3.08. The lowest BCUT2D eigenvalue weighted by Crippen LogP contribution is -2.50. The first kappa shape index (κ1) is 48.0. The summed E-state index contributed by atoms with van der Waals surface area (Å²) in [6, 6.07) is -0.624. The number of carbonyl (C=O) groups excluding carboxylic acids is 2. The van der Waals surface area contributed by atoms with Gasteiger partial charge in [-0.3, -0.25) is 9.59 Å². The number of likely N-dealkylation sites (N-methyl/N-ethyl adjacent to an activating group) is 1. The molecule has 0 aliphatic rings. The molecule has 0 amide bonds. The van der Waals surface area contributed by atoms with Crippen LogP contribution < -0.4 is 0 Å². The summed E-state index contributed by atoms with van der Waals surface area (Å²) in [5.41, 5.74) is 0. The quantitative estimate of drug-likeness (QED) is 0.0306. The van der Waals surface area contributed by atoms with Crippen molar-refractivity contribution >= 4 is 17.9 Å². The fourth-order valence-electron chi connectivity index (χ4n) is 5.36. The summed E-state index contributed by atoms with van der Waals surface area (Å²) in [5, 5.41) is 9.58. The van der Waals surface area contributed by atoms with Crippen molar-refractivity contribution in [1.82, 2.24) is 0 Å². The van der Waals surface area contributed by atoms with Crippen LogP contribution in [0.1, 0.15) is 142 Å². The summed E-state index contributed by atoms with van der Waals surface area (Å²) >= 11 is 0. The number of allylic oxidation sites excluding steroid dienone is 10. The van der Waals surface area contributed by atoms with Crippen LogP contribution in [0, 0.1) is 0 Å². The van der Waals surface area contributed by atoms with E-state index in [1.54, 1.807) is 0 Å². The Bertz CT molecular complexity index is 1020. The molecule has 0 saturated heterocycles. The molecule has 0 radical (unpaired) electrons. The Morgan fingerprint density at radius 3 is 1.61 bits per heavy atom. The zero-order valence-corrected chi connectivity index (χ0v) is 33.0. The number of quaternary nitrogens is 1. The Labute approximate surface area is 311 Å². The van der Waals surface area contributed by atoms with Crippen molar-refractivity contribution in [3.63, 3.8) is 0 Å². The van der Waals surface area contributed by atoms with Crippen LogP contribution in [0.5, 0.6) is 0 Å². The topological polar surface area (TPSA) is 99.1 Å². The molecule has 51 heavy (non-hydrogen) atoms. The predicted octanol–water partition coefficient (Wildman–Crippen LogP) is 10.2. The highest BCUT2D eigenvalue weighted by molar-refractivity contribution is 5.72. The van der Waals surface area contributed by atoms with Gasteiger partial charge in [0.2, 0.25) is 0 Å². The Morgan fingerprint density at radius 2 is 1.10 bits per heavy atom. The molecule has 292 valence electrons. The van der Waals surface area contributed by atoms with E-state index in [0.29, 0.717) is 19.3 Å². The van der Waals surface area contributed by atoms with Crippen molar-refractivity contribution in [3.05, 3.63) is 60.8 Å². The molecule has 0 aromatic carbocycles. The normalized spacial score (nSPS) is 13.7. The van der Waals surface area contributed by atoms with Gasteiger partial charge in [-0.05, 0) is 51.4 Å². The SMILES string of the molecule is CC/C=C/C/C=C/C/C=C/C/C=C/C/C=C/CCCC(=O)OC(COCCC(C(=O)O)[N+](C)(C)C)COC(=O)CCCCCCCCCCCC. The second-order valence-corrected chi connectivity index (χ2v) is 14.2. The lowest BCUT2D eigenvalue weighted by Gasteiger charge is -2.31. The van der Waals surface area contributed by atoms with Gasteiger partial charge in [0.25, 0.3) is 0 Å². The molecule has 1 N–H and O–H groups in total. The maximum absolute atomic E-state index is 12.6. The van der Waals surface area contributed by atoms with Crippen LogP contribution in [0.2, 0.25) is 0 Å². The van der Waals surface area contributed by atoms with E-state index in [1.165, 1.54) is 44.9 Å². The number of nitrogens with zero attached hydrogens (tertiary/aromatic N) is 1. The molecule has 8 heteroatoms. The van der Waals surface area contributed by atoms with Crippen molar-refractivity contribution in [1.29, 1.82) is 0 Å². The van der Waals surface area contributed by atoms with Gasteiger partial charge in [0.15, 0.2) is 12.1 Å². The first-order chi connectivity index (χ1) is 24.6. The van der Waals surface area contributed by atoms with Crippen molar-refractivity contribution in [2.24, 2.45) is 0 Å². The molecular weight excluding hydrogens is 642 g/mol. The minimum absolute atomic E-state index is 0.0372. The third kappa shape index (κ3) is 32.7. The van der Waals surface area contributed by atoms with Crippen LogP contribution in [0.15, 0.2) is 60.8 Å². The summed E-state index contributed by atoms with van der Waals surface area (Å²) in [5.74, 6) is -1.55. The average molecular weight is 717 g/mol. The molecule has 0 rings (SSSR count). The minimum atomic E-state index is -0.887. The summed E-state index contributed by atoms with van der Waals surface area (Å²) in [4.78, 5) is 36.8. The van der Waals surface area contributed by atoms with Gasteiger partial charge in [0.1, 0.15) is 6.61 Å². The molecule has 0 aliphatic carbocycles. The largest absolute Gasteiger partial charge is 0.477 e. The van der Waals surface area contributed by atoms with Crippen molar-refractivity contribution < 1.29 is 38.2 Å². The van der Waals surface area contributed by atoms with E-state index in [2.05, 4.69) is 74.6 Å². The molecule has 0 fully saturated rings. The van der Waals surface area contributed by atoms with Crippen LogP contribution >= 0.6 is 0 Å². The summed E-state index contributed by atoms with van der Waals surface area (Å²) in [6.07, 6.45) is 39.8. The maximum Gasteiger partial charge on any atom is 0.362 e. The fourth-order valence-corrected chi connectivity index (χ4v) is 5.36. The van der Waals surface area contributed by atoms with Gasteiger partial charge in [-0.2, -0.15) is 0 Å². The first-order valence-electron chi connectivity index (χ1n) is 19.8. The van der Waals surface area contributed by atoms with Crippen molar-refractivity contribution in [2.75, 3.05) is 41.0 Å². The Balaban J connectivity index is 4.52.